The Labute approximate surface area is 50.9 Å². The molecule has 0 saturated heterocycles. The van der Waals surface area contributed by atoms with Crippen molar-refractivity contribution in [1.29, 1.82) is 5.26 Å². The quantitative estimate of drug-likeness (QED) is 0.346. The van der Waals surface area contributed by atoms with E-state index in [2.05, 4.69) is 13.2 Å². The van der Waals surface area contributed by atoms with E-state index in [1.807, 2.05) is 13.8 Å². The number of nitrogens with zero attached hydrogens (tertiary/aromatic N) is 1. The zero-order valence-corrected chi connectivity index (χ0v) is 5.44. The molecule has 0 fully saturated rings. The van der Waals surface area contributed by atoms with Gasteiger partial charge in [0.05, 0.1) is 6.07 Å². The summed E-state index contributed by atoms with van der Waals surface area (Å²) in [4.78, 5) is 0. The molecule has 44 valence electrons. The topological polar surface area (TPSA) is 23.8 Å². The molecule has 0 rings (SSSR count). The highest BCUT2D eigenvalue weighted by Gasteiger charge is 1.51. The molecule has 0 aromatic rings. The molecule has 0 aromatic carbocycles. The van der Waals surface area contributed by atoms with Crippen LogP contribution in [0.25, 0.3) is 0 Å². The summed E-state index contributed by atoms with van der Waals surface area (Å²) in [6.45, 7) is 10.6. The third-order valence-electron chi connectivity index (χ3n) is 0.0913. The highest BCUT2D eigenvalue weighted by Crippen LogP contribution is 1.73. The smallest absolute Gasteiger partial charge is 0.0905 e. The Morgan fingerprint density at radius 2 is 1.75 bits per heavy atom. The fraction of sp³-hybridized carbons (Fsp3) is 0.286. The third kappa shape index (κ3) is 87000. The van der Waals surface area contributed by atoms with Crippen LogP contribution in [0.2, 0.25) is 0 Å². The molecule has 0 radical (unpaired) electrons. The SMILES string of the molecule is C=C(C)C.C=CC#N. The molecule has 0 aliphatic rings. The van der Waals surface area contributed by atoms with Crippen molar-refractivity contribution in [3.05, 3.63) is 24.8 Å². The number of rotatable bonds is 0. The minimum atomic E-state index is 1.17. The lowest BCUT2D eigenvalue weighted by atomic mass is 10.4. The third-order valence-corrected chi connectivity index (χ3v) is 0.0913. The molecule has 0 spiro atoms. The van der Waals surface area contributed by atoms with E-state index < -0.39 is 0 Å². The molecule has 0 N–H and O–H groups in total. The average Bonchev–Trinajstić information content (AvgIpc) is 1.65. The van der Waals surface area contributed by atoms with Gasteiger partial charge in [-0.15, -0.1) is 6.58 Å². The van der Waals surface area contributed by atoms with E-state index in [0.29, 0.717) is 0 Å². The van der Waals surface area contributed by atoms with Crippen LogP contribution in [0, 0.1) is 11.3 Å². The van der Waals surface area contributed by atoms with Gasteiger partial charge in [0.2, 0.25) is 0 Å². The zero-order valence-electron chi connectivity index (χ0n) is 5.44. The molecular formula is C7H11N. The summed E-state index contributed by atoms with van der Waals surface area (Å²) in [6.07, 6.45) is 1.18. The predicted octanol–water partition coefficient (Wildman–Crippen LogP) is 2.28. The summed E-state index contributed by atoms with van der Waals surface area (Å²) in [7, 11) is 0. The van der Waals surface area contributed by atoms with Crippen LogP contribution in [0.3, 0.4) is 0 Å². The standard InChI is InChI=1S/C4H8.C3H3N/c1-4(2)3;1-2-3-4/h1H2,2-3H3;2H,1H2. The summed E-state index contributed by atoms with van der Waals surface area (Å²) in [5.41, 5.74) is 1.17. The van der Waals surface area contributed by atoms with Gasteiger partial charge in [-0.3, -0.25) is 0 Å². The Balaban J connectivity index is 0. The number of allylic oxidation sites excluding steroid dienone is 2. The molecule has 0 aliphatic heterocycles. The largest absolute Gasteiger partial charge is 0.193 e. The first-order valence-electron chi connectivity index (χ1n) is 2.27. The van der Waals surface area contributed by atoms with Crippen LogP contribution < -0.4 is 0 Å². The molecule has 0 atom stereocenters. The second-order valence-electron chi connectivity index (χ2n) is 1.54. The van der Waals surface area contributed by atoms with Gasteiger partial charge < -0.3 is 0 Å². The van der Waals surface area contributed by atoms with E-state index in [1.54, 1.807) is 6.07 Å². The van der Waals surface area contributed by atoms with Crippen molar-refractivity contribution in [1.82, 2.24) is 0 Å². The van der Waals surface area contributed by atoms with Crippen LogP contribution in [-0.4, -0.2) is 0 Å². The highest BCUT2D eigenvalue weighted by molar-refractivity contribution is 4.93. The van der Waals surface area contributed by atoms with E-state index >= 15 is 0 Å². The van der Waals surface area contributed by atoms with E-state index in [1.165, 1.54) is 11.6 Å². The van der Waals surface area contributed by atoms with Crippen LogP contribution in [0.15, 0.2) is 24.8 Å². The molecule has 0 aliphatic carbocycles. The molecule has 0 amide bonds. The van der Waals surface area contributed by atoms with Gasteiger partial charge in [-0.1, -0.05) is 12.2 Å². The minimum absolute atomic E-state index is 1.17. The molecule has 0 bridgehead atoms. The lowest BCUT2D eigenvalue weighted by Crippen LogP contribution is -1.43. The fourth-order valence-corrected chi connectivity index (χ4v) is 0. The van der Waals surface area contributed by atoms with Crippen molar-refractivity contribution >= 4 is 0 Å². The Morgan fingerprint density at radius 1 is 1.62 bits per heavy atom. The normalized spacial score (nSPS) is 5.12. The van der Waals surface area contributed by atoms with Crippen molar-refractivity contribution in [3.63, 3.8) is 0 Å². The maximum Gasteiger partial charge on any atom is 0.0905 e. The lowest BCUT2D eigenvalue weighted by molar-refractivity contribution is 1.42. The summed E-state index contributed by atoms with van der Waals surface area (Å²) >= 11 is 0. The summed E-state index contributed by atoms with van der Waals surface area (Å²) in [6, 6.07) is 1.69. The van der Waals surface area contributed by atoms with Gasteiger partial charge in [-0.05, 0) is 13.8 Å². The molecule has 0 heterocycles. The number of hydrogen-bond donors (Lipinski definition) is 0. The number of hydrogen-bond acceptors (Lipinski definition) is 1. The Morgan fingerprint density at radius 3 is 1.75 bits per heavy atom. The van der Waals surface area contributed by atoms with Crippen LogP contribution >= 0.6 is 0 Å². The van der Waals surface area contributed by atoms with Crippen LogP contribution in [-0.2, 0) is 0 Å². The van der Waals surface area contributed by atoms with E-state index in [0.717, 1.165) is 0 Å². The average molecular weight is 109 g/mol. The second-order valence-corrected chi connectivity index (χ2v) is 1.54. The maximum atomic E-state index is 7.51. The van der Waals surface area contributed by atoms with Crippen molar-refractivity contribution < 1.29 is 0 Å². The fourth-order valence-electron chi connectivity index (χ4n) is 0. The number of nitriles is 1. The maximum absolute atomic E-state index is 7.51. The minimum Gasteiger partial charge on any atom is -0.193 e. The van der Waals surface area contributed by atoms with Crippen LogP contribution in [0.1, 0.15) is 13.8 Å². The first kappa shape index (κ1) is 10.1. The van der Waals surface area contributed by atoms with Gasteiger partial charge >= 0.3 is 0 Å². The predicted molar refractivity (Wildman–Crippen MR) is 36.3 cm³/mol. The Bertz CT molecular complexity index is 102. The Kier molecular flexibility index (Phi) is 11.8. The molecule has 8 heavy (non-hydrogen) atoms. The van der Waals surface area contributed by atoms with Gasteiger partial charge in [-0.25, -0.2) is 0 Å². The molecule has 1 heteroatoms. The van der Waals surface area contributed by atoms with Crippen molar-refractivity contribution in [3.8, 4) is 6.07 Å². The van der Waals surface area contributed by atoms with Crippen molar-refractivity contribution in [2.75, 3.05) is 0 Å². The summed E-state index contributed by atoms with van der Waals surface area (Å²) < 4.78 is 0. The van der Waals surface area contributed by atoms with Crippen molar-refractivity contribution in [2.45, 2.75) is 13.8 Å². The molecule has 1 nitrogen and oxygen atoms in total. The van der Waals surface area contributed by atoms with Crippen molar-refractivity contribution in [2.24, 2.45) is 0 Å². The van der Waals surface area contributed by atoms with Gasteiger partial charge in [0.25, 0.3) is 0 Å². The first-order chi connectivity index (χ1) is 3.65. The second kappa shape index (κ2) is 9.36. The highest BCUT2D eigenvalue weighted by atomic mass is 14.2. The van der Waals surface area contributed by atoms with Gasteiger partial charge in [0.1, 0.15) is 0 Å². The monoisotopic (exact) mass is 109 g/mol. The van der Waals surface area contributed by atoms with E-state index in [4.69, 9.17) is 5.26 Å². The van der Waals surface area contributed by atoms with Gasteiger partial charge in [-0.2, -0.15) is 5.26 Å². The van der Waals surface area contributed by atoms with Crippen LogP contribution in [0.4, 0.5) is 0 Å². The van der Waals surface area contributed by atoms with Gasteiger partial charge in [0.15, 0.2) is 0 Å². The first-order valence-corrected chi connectivity index (χ1v) is 2.27. The lowest BCUT2D eigenvalue weighted by Gasteiger charge is -1.65. The summed E-state index contributed by atoms with van der Waals surface area (Å²) in [5, 5.41) is 7.51. The summed E-state index contributed by atoms with van der Waals surface area (Å²) in [5.74, 6) is 0. The zero-order chi connectivity index (χ0) is 6.99. The molecular weight excluding hydrogens is 98.1 g/mol. The van der Waals surface area contributed by atoms with Crippen LogP contribution in [0.5, 0.6) is 0 Å². The van der Waals surface area contributed by atoms with E-state index in [-0.39, 0.29) is 0 Å². The molecule has 0 aromatic heterocycles. The molecule has 0 unspecified atom stereocenters. The van der Waals surface area contributed by atoms with E-state index in [9.17, 15) is 0 Å². The Hall–Kier alpha value is -1.03. The van der Waals surface area contributed by atoms with Gasteiger partial charge in [0, 0.05) is 6.08 Å². The molecule has 0 saturated carbocycles.